The van der Waals surface area contributed by atoms with Gasteiger partial charge in [-0.2, -0.15) is 0 Å². The lowest BCUT2D eigenvalue weighted by Crippen LogP contribution is -2.26. The van der Waals surface area contributed by atoms with Crippen LogP contribution in [0.5, 0.6) is 5.75 Å². The maximum absolute atomic E-state index is 13.0. The number of anilines is 2. The van der Waals surface area contributed by atoms with E-state index in [1.54, 1.807) is 66.3 Å². The van der Waals surface area contributed by atoms with Crippen LogP contribution in [0.3, 0.4) is 0 Å². The number of nitrogens with zero attached hydrogens (tertiary/aromatic N) is 2. The molecule has 0 radical (unpaired) electrons. The number of benzene rings is 3. The number of hydrogen-bond donors (Lipinski definition) is 2. The van der Waals surface area contributed by atoms with Gasteiger partial charge in [-0.1, -0.05) is 30.3 Å². The first-order chi connectivity index (χ1) is 17.5. The zero-order chi connectivity index (χ0) is 25.1. The largest absolute Gasteiger partial charge is 0.497 e. The predicted octanol–water partition coefficient (Wildman–Crippen LogP) is 4.56. The average molecular weight is 483 g/mol. The minimum atomic E-state index is -0.349. The summed E-state index contributed by atoms with van der Waals surface area (Å²) < 4.78 is 6.95. The second kappa shape index (κ2) is 10.0. The number of rotatable bonds is 8. The number of hydrogen-bond acceptors (Lipinski definition) is 5. The van der Waals surface area contributed by atoms with E-state index in [4.69, 9.17) is 9.72 Å². The molecule has 0 aliphatic heterocycles. The third-order valence-corrected chi connectivity index (χ3v) is 6.14. The Hall–Kier alpha value is -4.46. The summed E-state index contributed by atoms with van der Waals surface area (Å²) in [6.07, 6.45) is 2.33. The SMILES string of the molecule is COc1cccc(NC(=O)c2ccccc2NC(=O)CCc2nc3ccccc3c(=O)n2C2CC2)c1. The van der Waals surface area contributed by atoms with Crippen molar-refractivity contribution >= 4 is 34.1 Å². The number of para-hydroxylation sites is 2. The van der Waals surface area contributed by atoms with E-state index >= 15 is 0 Å². The molecule has 0 saturated heterocycles. The zero-order valence-electron chi connectivity index (χ0n) is 19.9. The van der Waals surface area contributed by atoms with Crippen LogP contribution in [-0.4, -0.2) is 28.5 Å². The van der Waals surface area contributed by atoms with Crippen LogP contribution < -0.4 is 20.9 Å². The summed E-state index contributed by atoms with van der Waals surface area (Å²) in [5.41, 5.74) is 1.91. The highest BCUT2D eigenvalue weighted by Crippen LogP contribution is 2.35. The van der Waals surface area contributed by atoms with Crippen LogP contribution in [0, 0.1) is 0 Å². The van der Waals surface area contributed by atoms with Crippen molar-refractivity contribution in [3.8, 4) is 5.75 Å². The second-order valence-corrected chi connectivity index (χ2v) is 8.73. The van der Waals surface area contributed by atoms with Gasteiger partial charge < -0.3 is 15.4 Å². The van der Waals surface area contributed by atoms with Gasteiger partial charge in [0.2, 0.25) is 5.91 Å². The fourth-order valence-corrected chi connectivity index (χ4v) is 4.20. The molecule has 1 heterocycles. The molecule has 182 valence electrons. The van der Waals surface area contributed by atoms with Crippen LogP contribution in [-0.2, 0) is 11.2 Å². The summed E-state index contributed by atoms with van der Waals surface area (Å²) in [6, 6.07) is 21.3. The molecule has 3 aromatic carbocycles. The van der Waals surface area contributed by atoms with Crippen molar-refractivity contribution < 1.29 is 14.3 Å². The summed E-state index contributed by atoms with van der Waals surface area (Å²) >= 11 is 0. The van der Waals surface area contributed by atoms with E-state index < -0.39 is 0 Å². The highest BCUT2D eigenvalue weighted by Gasteiger charge is 2.28. The zero-order valence-corrected chi connectivity index (χ0v) is 19.9. The first kappa shape index (κ1) is 23.3. The fraction of sp³-hybridized carbons (Fsp3) is 0.214. The number of nitrogens with one attached hydrogen (secondary N) is 2. The van der Waals surface area contributed by atoms with Crippen LogP contribution >= 0.6 is 0 Å². The molecule has 0 atom stereocenters. The van der Waals surface area contributed by atoms with E-state index in [-0.39, 0.29) is 29.8 Å². The van der Waals surface area contributed by atoms with Crippen molar-refractivity contribution in [2.45, 2.75) is 31.7 Å². The van der Waals surface area contributed by atoms with Crippen LogP contribution in [0.4, 0.5) is 11.4 Å². The first-order valence-electron chi connectivity index (χ1n) is 11.9. The van der Waals surface area contributed by atoms with Gasteiger partial charge in [0.25, 0.3) is 11.5 Å². The topological polar surface area (TPSA) is 102 Å². The molecule has 2 amide bonds. The summed E-state index contributed by atoms with van der Waals surface area (Å²) in [4.78, 5) is 43.5. The molecule has 0 spiro atoms. The Bertz CT molecular complexity index is 1510. The molecule has 0 bridgehead atoms. The minimum absolute atomic E-state index is 0.0573. The Labute approximate surface area is 207 Å². The van der Waals surface area contributed by atoms with E-state index in [1.165, 1.54) is 0 Å². The van der Waals surface area contributed by atoms with E-state index in [2.05, 4.69) is 10.6 Å². The van der Waals surface area contributed by atoms with E-state index in [1.807, 2.05) is 18.2 Å². The Balaban J connectivity index is 1.31. The molecular formula is C28H26N4O4. The molecular weight excluding hydrogens is 456 g/mol. The number of amides is 2. The monoisotopic (exact) mass is 482 g/mol. The van der Waals surface area contributed by atoms with Crippen molar-refractivity contribution in [3.63, 3.8) is 0 Å². The van der Waals surface area contributed by atoms with Crippen molar-refractivity contribution in [2.75, 3.05) is 17.7 Å². The Morgan fingerprint density at radius 3 is 2.58 bits per heavy atom. The molecule has 0 unspecified atom stereocenters. The number of ether oxygens (including phenoxy) is 1. The average Bonchev–Trinajstić information content (AvgIpc) is 3.73. The van der Waals surface area contributed by atoms with Gasteiger partial charge in [-0.15, -0.1) is 0 Å². The molecule has 5 rings (SSSR count). The normalized spacial score (nSPS) is 12.8. The van der Waals surface area contributed by atoms with Crippen LogP contribution in [0.15, 0.2) is 77.6 Å². The molecule has 1 aliphatic carbocycles. The maximum Gasteiger partial charge on any atom is 0.261 e. The molecule has 8 heteroatoms. The van der Waals surface area contributed by atoms with Crippen molar-refractivity contribution in [2.24, 2.45) is 0 Å². The molecule has 1 aromatic heterocycles. The molecule has 1 aliphatic rings. The fourth-order valence-electron chi connectivity index (χ4n) is 4.20. The molecule has 1 saturated carbocycles. The molecule has 8 nitrogen and oxygen atoms in total. The van der Waals surface area contributed by atoms with Gasteiger partial charge in [-0.3, -0.25) is 19.0 Å². The van der Waals surface area contributed by atoms with Crippen LogP contribution in [0.2, 0.25) is 0 Å². The van der Waals surface area contributed by atoms with Gasteiger partial charge in [-0.05, 0) is 49.2 Å². The molecule has 4 aromatic rings. The quantitative estimate of drug-likeness (QED) is 0.383. The molecule has 36 heavy (non-hydrogen) atoms. The molecule has 2 N–H and O–H groups in total. The molecule has 1 fully saturated rings. The van der Waals surface area contributed by atoms with E-state index in [0.717, 1.165) is 12.8 Å². The van der Waals surface area contributed by atoms with E-state index in [9.17, 15) is 14.4 Å². The number of methoxy groups -OCH3 is 1. The van der Waals surface area contributed by atoms with Crippen molar-refractivity contribution in [1.29, 1.82) is 0 Å². The summed E-state index contributed by atoms with van der Waals surface area (Å²) in [5, 5.41) is 6.27. The lowest BCUT2D eigenvalue weighted by molar-refractivity contribution is -0.116. The third-order valence-electron chi connectivity index (χ3n) is 6.14. The summed E-state index contributed by atoms with van der Waals surface area (Å²) in [5.74, 6) is 0.626. The summed E-state index contributed by atoms with van der Waals surface area (Å²) in [6.45, 7) is 0. The van der Waals surface area contributed by atoms with Crippen molar-refractivity contribution in [3.05, 3.63) is 94.5 Å². The van der Waals surface area contributed by atoms with Crippen molar-refractivity contribution in [1.82, 2.24) is 9.55 Å². The number of carbonyl (C=O) groups is 2. The van der Waals surface area contributed by atoms with Gasteiger partial charge in [0.1, 0.15) is 11.6 Å². The third kappa shape index (κ3) is 4.98. The summed E-state index contributed by atoms with van der Waals surface area (Å²) in [7, 11) is 1.56. The Morgan fingerprint density at radius 1 is 1.00 bits per heavy atom. The number of carbonyl (C=O) groups excluding carboxylic acids is 2. The number of aromatic nitrogens is 2. The lowest BCUT2D eigenvalue weighted by Gasteiger charge is -2.14. The lowest BCUT2D eigenvalue weighted by atomic mass is 10.1. The van der Waals surface area contributed by atoms with Gasteiger partial charge in [-0.25, -0.2) is 4.98 Å². The smallest absolute Gasteiger partial charge is 0.261 e. The highest BCUT2D eigenvalue weighted by molar-refractivity contribution is 6.10. The first-order valence-corrected chi connectivity index (χ1v) is 11.9. The van der Waals surface area contributed by atoms with Gasteiger partial charge >= 0.3 is 0 Å². The standard InChI is InChI=1S/C28H26N4O4/c1-36-20-8-6-7-18(17-20)29-27(34)21-9-2-4-11-23(21)31-26(33)16-15-25-30-24-12-5-3-10-22(24)28(35)32(25)19-13-14-19/h2-12,17,19H,13-16H2,1H3,(H,29,34)(H,31,33). The Morgan fingerprint density at radius 2 is 1.78 bits per heavy atom. The van der Waals surface area contributed by atoms with Gasteiger partial charge in [0.15, 0.2) is 0 Å². The number of fused-ring (bicyclic) bond motifs is 1. The van der Waals surface area contributed by atoms with Crippen LogP contribution in [0.25, 0.3) is 10.9 Å². The predicted molar refractivity (Wildman–Crippen MR) is 139 cm³/mol. The van der Waals surface area contributed by atoms with Crippen LogP contribution in [0.1, 0.15) is 41.5 Å². The maximum atomic E-state index is 13.0. The minimum Gasteiger partial charge on any atom is -0.497 e. The second-order valence-electron chi connectivity index (χ2n) is 8.73. The Kier molecular flexibility index (Phi) is 6.49. The van der Waals surface area contributed by atoms with Gasteiger partial charge in [0, 0.05) is 30.6 Å². The van der Waals surface area contributed by atoms with Gasteiger partial charge in [0.05, 0.1) is 29.3 Å². The number of aryl methyl sites for hydroxylation is 1. The van der Waals surface area contributed by atoms with E-state index in [0.29, 0.717) is 45.8 Å². The highest BCUT2D eigenvalue weighted by atomic mass is 16.5.